The second-order valence-corrected chi connectivity index (χ2v) is 4.51. The van der Waals surface area contributed by atoms with E-state index in [4.69, 9.17) is 0 Å². The van der Waals surface area contributed by atoms with Crippen molar-refractivity contribution in [2.45, 2.75) is 32.7 Å². The molecular formula is C13H15F4NO. The number of rotatable bonds is 4. The van der Waals surface area contributed by atoms with E-state index in [0.29, 0.717) is 10.5 Å². The van der Waals surface area contributed by atoms with Crippen LogP contribution in [0, 0.1) is 13.8 Å². The van der Waals surface area contributed by atoms with Crippen LogP contribution >= 0.6 is 0 Å². The number of carbonyl (C=O) groups excluding carboxylic acids is 1. The SMILES string of the molecule is Cc1ccc(CN(C)C(=O)C(F)(F)C(F)F)c(C)c1. The van der Waals surface area contributed by atoms with E-state index in [1.807, 2.05) is 13.0 Å². The quantitative estimate of drug-likeness (QED) is 0.774. The average Bonchev–Trinajstić information content (AvgIpc) is 2.31. The summed E-state index contributed by atoms with van der Waals surface area (Å²) in [5, 5.41) is 0. The van der Waals surface area contributed by atoms with Crippen molar-refractivity contribution in [3.05, 3.63) is 34.9 Å². The predicted octanol–water partition coefficient (Wildman–Crippen LogP) is 3.16. The summed E-state index contributed by atoms with van der Waals surface area (Å²) in [4.78, 5) is 11.9. The van der Waals surface area contributed by atoms with E-state index < -0.39 is 18.3 Å². The molecule has 2 nitrogen and oxygen atoms in total. The lowest BCUT2D eigenvalue weighted by molar-refractivity contribution is -0.179. The Morgan fingerprint density at radius 2 is 1.89 bits per heavy atom. The number of hydrogen-bond donors (Lipinski definition) is 0. The molecule has 1 aromatic rings. The van der Waals surface area contributed by atoms with Crippen LogP contribution in [0.2, 0.25) is 0 Å². The summed E-state index contributed by atoms with van der Waals surface area (Å²) in [6, 6.07) is 5.29. The highest BCUT2D eigenvalue weighted by Gasteiger charge is 2.50. The third-order valence-electron chi connectivity index (χ3n) is 2.81. The van der Waals surface area contributed by atoms with Gasteiger partial charge in [0, 0.05) is 13.6 Å². The van der Waals surface area contributed by atoms with Gasteiger partial charge in [0.2, 0.25) is 0 Å². The second kappa shape index (κ2) is 5.59. The fraction of sp³-hybridized carbons (Fsp3) is 0.462. The molecule has 106 valence electrons. The van der Waals surface area contributed by atoms with Gasteiger partial charge in [-0.15, -0.1) is 0 Å². The maximum absolute atomic E-state index is 12.9. The van der Waals surface area contributed by atoms with Crippen LogP contribution in [0.4, 0.5) is 17.6 Å². The average molecular weight is 277 g/mol. The molecule has 0 heterocycles. The molecule has 0 atom stereocenters. The molecule has 1 rings (SSSR count). The third kappa shape index (κ3) is 3.45. The van der Waals surface area contributed by atoms with E-state index >= 15 is 0 Å². The predicted molar refractivity (Wildman–Crippen MR) is 63.3 cm³/mol. The van der Waals surface area contributed by atoms with Crippen molar-refractivity contribution in [2.24, 2.45) is 0 Å². The Hall–Kier alpha value is -1.59. The van der Waals surface area contributed by atoms with E-state index in [2.05, 4.69) is 0 Å². The normalized spacial score (nSPS) is 11.8. The van der Waals surface area contributed by atoms with Gasteiger partial charge in [-0.25, -0.2) is 8.78 Å². The van der Waals surface area contributed by atoms with Crippen LogP contribution in [0.25, 0.3) is 0 Å². The minimum Gasteiger partial charge on any atom is -0.336 e. The van der Waals surface area contributed by atoms with Crippen LogP contribution in [0.3, 0.4) is 0 Å². The van der Waals surface area contributed by atoms with Gasteiger partial charge in [0.1, 0.15) is 0 Å². The van der Waals surface area contributed by atoms with Crippen LogP contribution in [0.15, 0.2) is 18.2 Å². The first-order chi connectivity index (χ1) is 8.66. The van der Waals surface area contributed by atoms with Crippen LogP contribution in [0.1, 0.15) is 16.7 Å². The lowest BCUT2D eigenvalue weighted by atomic mass is 10.1. The largest absolute Gasteiger partial charge is 0.383 e. The second-order valence-electron chi connectivity index (χ2n) is 4.51. The van der Waals surface area contributed by atoms with E-state index in [1.54, 1.807) is 19.1 Å². The van der Waals surface area contributed by atoms with Crippen molar-refractivity contribution >= 4 is 5.91 Å². The molecule has 0 aliphatic rings. The first-order valence-corrected chi connectivity index (χ1v) is 5.64. The van der Waals surface area contributed by atoms with Crippen molar-refractivity contribution in [2.75, 3.05) is 7.05 Å². The summed E-state index contributed by atoms with van der Waals surface area (Å²) in [5.41, 5.74) is 2.46. The first-order valence-electron chi connectivity index (χ1n) is 5.64. The summed E-state index contributed by atoms with van der Waals surface area (Å²) < 4.78 is 50.0. The fourth-order valence-electron chi connectivity index (χ4n) is 1.70. The zero-order chi connectivity index (χ0) is 14.8. The molecule has 0 saturated carbocycles. The van der Waals surface area contributed by atoms with Gasteiger partial charge in [-0.05, 0) is 25.0 Å². The number of hydrogen-bond acceptors (Lipinski definition) is 1. The fourth-order valence-corrected chi connectivity index (χ4v) is 1.70. The highest BCUT2D eigenvalue weighted by atomic mass is 19.3. The Morgan fingerprint density at radius 1 is 1.32 bits per heavy atom. The lowest BCUT2D eigenvalue weighted by Crippen LogP contribution is -2.45. The topological polar surface area (TPSA) is 20.3 Å². The van der Waals surface area contributed by atoms with Gasteiger partial charge in [-0.3, -0.25) is 4.79 Å². The van der Waals surface area contributed by atoms with Gasteiger partial charge in [0.15, 0.2) is 0 Å². The van der Waals surface area contributed by atoms with Crippen molar-refractivity contribution in [3.8, 4) is 0 Å². The highest BCUT2D eigenvalue weighted by Crippen LogP contribution is 2.26. The standard InChI is InChI=1S/C13H15F4NO/c1-8-4-5-10(9(2)6-8)7-18(3)12(19)13(16,17)11(14)15/h4-6,11H,7H2,1-3H3. The molecular weight excluding hydrogens is 262 g/mol. The maximum atomic E-state index is 12.9. The van der Waals surface area contributed by atoms with E-state index in [1.165, 1.54) is 0 Å². The van der Waals surface area contributed by atoms with Gasteiger partial charge >= 0.3 is 12.3 Å². The molecule has 0 radical (unpaired) electrons. The van der Waals surface area contributed by atoms with Crippen LogP contribution in [-0.4, -0.2) is 30.2 Å². The number of benzene rings is 1. The molecule has 0 aliphatic carbocycles. The Kier molecular flexibility index (Phi) is 4.55. The molecule has 1 amide bonds. The van der Waals surface area contributed by atoms with Crippen LogP contribution in [0.5, 0.6) is 0 Å². The zero-order valence-electron chi connectivity index (χ0n) is 10.9. The van der Waals surface area contributed by atoms with Gasteiger partial charge in [-0.2, -0.15) is 8.78 Å². The molecule has 6 heteroatoms. The van der Waals surface area contributed by atoms with E-state index in [-0.39, 0.29) is 6.54 Å². The molecule has 0 unspecified atom stereocenters. The van der Waals surface area contributed by atoms with Crippen LogP contribution in [-0.2, 0) is 11.3 Å². The van der Waals surface area contributed by atoms with Gasteiger partial charge < -0.3 is 4.90 Å². The lowest BCUT2D eigenvalue weighted by Gasteiger charge is -2.23. The van der Waals surface area contributed by atoms with Gasteiger partial charge in [0.05, 0.1) is 0 Å². The van der Waals surface area contributed by atoms with E-state index in [0.717, 1.165) is 18.2 Å². The van der Waals surface area contributed by atoms with Crippen molar-refractivity contribution in [3.63, 3.8) is 0 Å². The molecule has 0 N–H and O–H groups in total. The van der Waals surface area contributed by atoms with Crippen LogP contribution < -0.4 is 0 Å². The van der Waals surface area contributed by atoms with Gasteiger partial charge in [0.25, 0.3) is 5.91 Å². The zero-order valence-corrected chi connectivity index (χ0v) is 10.9. The summed E-state index contributed by atoms with van der Waals surface area (Å²) in [6.45, 7) is 3.51. The Labute approximate surface area is 109 Å². The molecule has 0 aliphatic heterocycles. The van der Waals surface area contributed by atoms with Gasteiger partial charge in [-0.1, -0.05) is 23.8 Å². The minimum absolute atomic E-state index is 0.132. The third-order valence-corrected chi connectivity index (χ3v) is 2.81. The number of carbonyl (C=O) groups is 1. The van der Waals surface area contributed by atoms with E-state index in [9.17, 15) is 22.4 Å². The number of nitrogens with zero attached hydrogens (tertiary/aromatic N) is 1. The summed E-state index contributed by atoms with van der Waals surface area (Å²) >= 11 is 0. The molecule has 0 fully saturated rings. The maximum Gasteiger partial charge on any atom is 0.383 e. The molecule has 1 aromatic carbocycles. The van der Waals surface area contributed by atoms with Crippen molar-refractivity contribution in [1.29, 1.82) is 0 Å². The molecule has 19 heavy (non-hydrogen) atoms. The van der Waals surface area contributed by atoms with Crippen molar-refractivity contribution in [1.82, 2.24) is 4.90 Å². The molecule has 0 aromatic heterocycles. The Morgan fingerprint density at radius 3 is 2.37 bits per heavy atom. The molecule has 0 spiro atoms. The molecule has 0 saturated heterocycles. The summed E-state index contributed by atoms with van der Waals surface area (Å²) in [5.74, 6) is -6.52. The number of halogens is 4. The number of amides is 1. The monoisotopic (exact) mass is 277 g/mol. The number of alkyl halides is 4. The summed E-state index contributed by atoms with van der Waals surface area (Å²) in [6.07, 6.45) is -4.00. The smallest absolute Gasteiger partial charge is 0.336 e. The molecule has 0 bridgehead atoms. The highest BCUT2D eigenvalue weighted by molar-refractivity contribution is 5.83. The Bertz CT molecular complexity index is 474. The van der Waals surface area contributed by atoms with Crippen molar-refractivity contribution < 1.29 is 22.4 Å². The number of aryl methyl sites for hydroxylation is 2. The summed E-state index contributed by atoms with van der Waals surface area (Å²) in [7, 11) is 1.08. The Balaban J connectivity index is 2.85. The first kappa shape index (κ1) is 15.5. The minimum atomic E-state index is -4.65.